The predicted molar refractivity (Wildman–Crippen MR) is 104 cm³/mol. The molecule has 2 aliphatic rings. The molecule has 1 aromatic carbocycles. The van der Waals surface area contributed by atoms with E-state index in [-0.39, 0.29) is 6.03 Å². The van der Waals surface area contributed by atoms with E-state index < -0.39 is 0 Å². The smallest absolute Gasteiger partial charge is 0.317 e. The van der Waals surface area contributed by atoms with Crippen LogP contribution in [0.15, 0.2) is 30.3 Å². The van der Waals surface area contributed by atoms with Gasteiger partial charge in [-0.3, -0.25) is 4.90 Å². The zero-order valence-electron chi connectivity index (χ0n) is 16.0. The minimum Gasteiger partial charge on any atom is -0.381 e. The van der Waals surface area contributed by atoms with Crippen LogP contribution in [0.3, 0.4) is 0 Å². The van der Waals surface area contributed by atoms with Gasteiger partial charge >= 0.3 is 6.03 Å². The molecule has 2 saturated heterocycles. The molecule has 0 unspecified atom stereocenters. The van der Waals surface area contributed by atoms with Gasteiger partial charge in [-0.05, 0) is 44.2 Å². The van der Waals surface area contributed by atoms with Gasteiger partial charge in [-0.25, -0.2) is 4.79 Å². The summed E-state index contributed by atoms with van der Waals surface area (Å²) in [6.45, 7) is 4.46. The van der Waals surface area contributed by atoms with Crippen molar-refractivity contribution >= 4 is 6.03 Å². The minimum atomic E-state index is 0.0577. The molecule has 2 fully saturated rings. The van der Waals surface area contributed by atoms with E-state index in [1.807, 2.05) is 11.9 Å². The van der Waals surface area contributed by atoms with E-state index in [0.717, 1.165) is 52.1 Å². The van der Waals surface area contributed by atoms with E-state index in [2.05, 4.69) is 40.5 Å². The maximum Gasteiger partial charge on any atom is 0.317 e. The molecule has 1 atom stereocenters. The fraction of sp³-hybridized carbons (Fsp3) is 0.667. The summed E-state index contributed by atoms with van der Waals surface area (Å²) in [6.07, 6.45) is 6.72. The highest BCUT2D eigenvalue weighted by atomic mass is 16.5. The number of hydrogen-bond acceptors (Lipinski definition) is 3. The molecule has 0 spiro atoms. The highest BCUT2D eigenvalue weighted by Gasteiger charge is 2.24. The number of nitrogens with one attached hydrogen (secondary N) is 1. The fourth-order valence-corrected chi connectivity index (χ4v) is 4.12. The standard InChI is InChI=1S/C21H33N3O2/c1-23(19-11-15-26-16-12-19)21(25)22-13-10-20-9-5-6-14-24(20)17-18-7-3-2-4-8-18/h2-4,7-8,19-20H,5-6,9-17H2,1H3,(H,22,25)/t20-/m0/s1. The topological polar surface area (TPSA) is 44.8 Å². The normalized spacial score (nSPS) is 22.1. The quantitative estimate of drug-likeness (QED) is 0.848. The highest BCUT2D eigenvalue weighted by Crippen LogP contribution is 2.21. The molecule has 0 saturated carbocycles. The van der Waals surface area contributed by atoms with Crippen molar-refractivity contribution in [3.8, 4) is 0 Å². The second-order valence-corrected chi connectivity index (χ2v) is 7.58. The van der Waals surface area contributed by atoms with Gasteiger partial charge in [-0.15, -0.1) is 0 Å². The molecular weight excluding hydrogens is 326 g/mol. The Morgan fingerprint density at radius 1 is 1.19 bits per heavy atom. The number of urea groups is 1. The highest BCUT2D eigenvalue weighted by molar-refractivity contribution is 5.74. The number of likely N-dealkylation sites (tertiary alicyclic amines) is 1. The first-order valence-corrected chi connectivity index (χ1v) is 10.1. The van der Waals surface area contributed by atoms with E-state index in [4.69, 9.17) is 4.74 Å². The van der Waals surface area contributed by atoms with Gasteiger partial charge in [0.2, 0.25) is 0 Å². The molecule has 0 aliphatic carbocycles. The van der Waals surface area contributed by atoms with Crippen LogP contribution in [-0.4, -0.2) is 61.3 Å². The second-order valence-electron chi connectivity index (χ2n) is 7.58. The summed E-state index contributed by atoms with van der Waals surface area (Å²) >= 11 is 0. The number of amides is 2. The zero-order valence-corrected chi connectivity index (χ0v) is 16.0. The molecule has 0 radical (unpaired) electrons. The molecule has 5 nitrogen and oxygen atoms in total. The van der Waals surface area contributed by atoms with Gasteiger partial charge in [0.05, 0.1) is 0 Å². The van der Waals surface area contributed by atoms with E-state index in [1.165, 1.54) is 24.8 Å². The average Bonchev–Trinajstić information content (AvgIpc) is 2.70. The minimum absolute atomic E-state index is 0.0577. The second kappa shape index (κ2) is 9.93. The average molecular weight is 360 g/mol. The van der Waals surface area contributed by atoms with Crippen molar-refractivity contribution < 1.29 is 9.53 Å². The van der Waals surface area contributed by atoms with E-state index in [9.17, 15) is 4.79 Å². The van der Waals surface area contributed by atoms with Gasteiger partial charge in [-0.1, -0.05) is 36.8 Å². The van der Waals surface area contributed by atoms with Crippen LogP contribution < -0.4 is 5.32 Å². The number of ether oxygens (including phenoxy) is 1. The van der Waals surface area contributed by atoms with Crippen LogP contribution in [0.25, 0.3) is 0 Å². The third-order valence-corrected chi connectivity index (χ3v) is 5.79. The van der Waals surface area contributed by atoms with Crippen LogP contribution in [0.2, 0.25) is 0 Å². The summed E-state index contributed by atoms with van der Waals surface area (Å²) in [4.78, 5) is 16.9. The van der Waals surface area contributed by atoms with Gasteiger partial charge in [-0.2, -0.15) is 0 Å². The summed E-state index contributed by atoms with van der Waals surface area (Å²) in [5.74, 6) is 0. The molecule has 3 rings (SSSR count). The molecule has 2 amide bonds. The largest absolute Gasteiger partial charge is 0.381 e. The fourth-order valence-electron chi connectivity index (χ4n) is 4.12. The first-order valence-electron chi connectivity index (χ1n) is 10.1. The lowest BCUT2D eigenvalue weighted by Gasteiger charge is -2.36. The van der Waals surface area contributed by atoms with Crippen LogP contribution in [0.4, 0.5) is 4.79 Å². The lowest BCUT2D eigenvalue weighted by molar-refractivity contribution is 0.0524. The van der Waals surface area contributed by atoms with Crippen molar-refractivity contribution in [3.63, 3.8) is 0 Å². The summed E-state index contributed by atoms with van der Waals surface area (Å²) in [5, 5.41) is 3.13. The molecule has 0 bridgehead atoms. The van der Waals surface area contributed by atoms with Crippen molar-refractivity contribution in [3.05, 3.63) is 35.9 Å². The lowest BCUT2D eigenvalue weighted by Crippen LogP contribution is -2.47. The Morgan fingerprint density at radius 3 is 2.73 bits per heavy atom. The number of hydrogen-bond donors (Lipinski definition) is 1. The maximum absolute atomic E-state index is 12.4. The summed E-state index contributed by atoms with van der Waals surface area (Å²) < 4.78 is 5.39. The molecule has 26 heavy (non-hydrogen) atoms. The van der Waals surface area contributed by atoms with Crippen molar-refractivity contribution in [1.29, 1.82) is 0 Å². The number of piperidine rings is 1. The van der Waals surface area contributed by atoms with Crippen molar-refractivity contribution in [2.75, 3.05) is 33.4 Å². The van der Waals surface area contributed by atoms with Crippen molar-refractivity contribution in [2.24, 2.45) is 0 Å². The summed E-state index contributed by atoms with van der Waals surface area (Å²) in [5.41, 5.74) is 1.38. The Labute approximate surface area is 157 Å². The van der Waals surface area contributed by atoms with Crippen LogP contribution in [0.1, 0.15) is 44.1 Å². The van der Waals surface area contributed by atoms with E-state index in [1.54, 1.807) is 0 Å². The van der Waals surface area contributed by atoms with Gasteiger partial charge in [0.15, 0.2) is 0 Å². The molecule has 5 heteroatoms. The molecule has 144 valence electrons. The van der Waals surface area contributed by atoms with Crippen molar-refractivity contribution in [1.82, 2.24) is 15.1 Å². The third kappa shape index (κ3) is 5.45. The molecule has 2 aliphatic heterocycles. The summed E-state index contributed by atoms with van der Waals surface area (Å²) in [7, 11) is 1.91. The van der Waals surface area contributed by atoms with Gasteiger partial charge in [0.25, 0.3) is 0 Å². The SMILES string of the molecule is CN(C(=O)NCC[C@@H]1CCCCN1Cc1ccccc1)C1CCOCC1. The number of carbonyl (C=O) groups is 1. The number of benzene rings is 1. The molecule has 2 heterocycles. The van der Waals surface area contributed by atoms with Crippen LogP contribution >= 0.6 is 0 Å². The lowest BCUT2D eigenvalue weighted by atomic mass is 9.98. The summed E-state index contributed by atoms with van der Waals surface area (Å²) in [6, 6.07) is 11.6. The van der Waals surface area contributed by atoms with Crippen molar-refractivity contribution in [2.45, 2.75) is 57.2 Å². The van der Waals surface area contributed by atoms with E-state index >= 15 is 0 Å². The first kappa shape index (κ1) is 19.2. The van der Waals surface area contributed by atoms with E-state index in [0.29, 0.717) is 12.1 Å². The number of nitrogens with zero attached hydrogens (tertiary/aromatic N) is 2. The molecule has 1 N–H and O–H groups in total. The van der Waals surface area contributed by atoms with Gasteiger partial charge < -0.3 is 15.0 Å². The Morgan fingerprint density at radius 2 is 1.96 bits per heavy atom. The Kier molecular flexibility index (Phi) is 7.32. The Hall–Kier alpha value is -1.59. The number of carbonyl (C=O) groups excluding carboxylic acids is 1. The zero-order chi connectivity index (χ0) is 18.2. The van der Waals surface area contributed by atoms with Crippen LogP contribution in [0, 0.1) is 0 Å². The Balaban J connectivity index is 1.43. The molecule has 0 aromatic heterocycles. The van der Waals surface area contributed by atoms with Crippen LogP contribution in [0.5, 0.6) is 0 Å². The maximum atomic E-state index is 12.4. The molecular formula is C21H33N3O2. The third-order valence-electron chi connectivity index (χ3n) is 5.79. The predicted octanol–water partition coefficient (Wildman–Crippen LogP) is 3.25. The molecule has 1 aromatic rings. The monoisotopic (exact) mass is 359 g/mol. The number of rotatable bonds is 6. The van der Waals surface area contributed by atoms with Crippen LogP contribution in [-0.2, 0) is 11.3 Å². The first-order chi connectivity index (χ1) is 12.7. The Bertz CT molecular complexity index is 545. The van der Waals surface area contributed by atoms with Gasteiger partial charge in [0, 0.05) is 45.4 Å². The van der Waals surface area contributed by atoms with Gasteiger partial charge in [0.1, 0.15) is 0 Å².